The Morgan fingerprint density at radius 3 is 2.83 bits per heavy atom. The van der Waals surface area contributed by atoms with Crippen LogP contribution in [0.15, 0.2) is 39.0 Å². The largest absolute Gasteiger partial charge is 0.348 e. The molecule has 1 aliphatic heterocycles. The van der Waals surface area contributed by atoms with E-state index in [2.05, 4.69) is 30.5 Å². The van der Waals surface area contributed by atoms with Crippen LogP contribution in [0.2, 0.25) is 0 Å². The van der Waals surface area contributed by atoms with Gasteiger partial charge in [-0.05, 0) is 31.0 Å². The Kier molecular flexibility index (Phi) is 5.35. The molecule has 0 bridgehead atoms. The number of sulfonamides is 1. The van der Waals surface area contributed by atoms with Gasteiger partial charge in [0, 0.05) is 35.9 Å². The van der Waals surface area contributed by atoms with Crippen LogP contribution in [0, 0.1) is 0 Å². The summed E-state index contributed by atoms with van der Waals surface area (Å²) >= 11 is 4.92. The zero-order valence-corrected chi connectivity index (χ0v) is 15.8. The number of nitrogens with one attached hydrogen (secondary N) is 1. The maximum absolute atomic E-state index is 12.2. The number of thiazole rings is 1. The van der Waals surface area contributed by atoms with E-state index in [-0.39, 0.29) is 4.90 Å². The monoisotopic (exact) mass is 415 g/mol. The second kappa shape index (κ2) is 7.29. The van der Waals surface area contributed by atoms with E-state index < -0.39 is 10.0 Å². The van der Waals surface area contributed by atoms with E-state index in [1.807, 2.05) is 5.38 Å². The highest BCUT2D eigenvalue weighted by molar-refractivity contribution is 9.10. The van der Waals surface area contributed by atoms with Crippen molar-refractivity contribution in [1.82, 2.24) is 9.71 Å². The molecule has 0 atom stereocenters. The van der Waals surface area contributed by atoms with Gasteiger partial charge in [-0.1, -0.05) is 22.0 Å². The normalized spacial score (nSPS) is 15.3. The number of anilines is 1. The quantitative estimate of drug-likeness (QED) is 0.787. The molecule has 124 valence electrons. The van der Waals surface area contributed by atoms with E-state index in [0.717, 1.165) is 28.4 Å². The lowest BCUT2D eigenvalue weighted by atomic mass is 10.3. The lowest BCUT2D eigenvalue weighted by Crippen LogP contribution is -2.26. The molecule has 0 amide bonds. The van der Waals surface area contributed by atoms with Crippen LogP contribution in [0.3, 0.4) is 0 Å². The summed E-state index contributed by atoms with van der Waals surface area (Å²) in [5.74, 6) is 0. The zero-order chi connectivity index (χ0) is 16.3. The Bertz CT molecular complexity index is 771. The lowest BCUT2D eigenvalue weighted by Gasteiger charge is -2.12. The summed E-state index contributed by atoms with van der Waals surface area (Å²) in [5, 5.41) is 3.06. The highest BCUT2D eigenvalue weighted by Crippen LogP contribution is 2.24. The van der Waals surface area contributed by atoms with Crippen molar-refractivity contribution in [1.29, 1.82) is 0 Å². The first-order valence-corrected chi connectivity index (χ1v) is 10.6. The summed E-state index contributed by atoms with van der Waals surface area (Å²) in [6.07, 6.45) is 3.04. The van der Waals surface area contributed by atoms with Crippen LogP contribution in [-0.4, -0.2) is 33.0 Å². The molecule has 1 N–H and O–H groups in total. The smallest absolute Gasteiger partial charge is 0.240 e. The number of aromatic nitrogens is 1. The van der Waals surface area contributed by atoms with Crippen molar-refractivity contribution in [3.05, 3.63) is 39.8 Å². The minimum absolute atomic E-state index is 0.267. The fraction of sp³-hybridized carbons (Fsp3) is 0.400. The summed E-state index contributed by atoms with van der Waals surface area (Å²) in [6.45, 7) is 2.49. The molecule has 0 unspecified atom stereocenters. The van der Waals surface area contributed by atoms with Crippen molar-refractivity contribution in [2.24, 2.45) is 0 Å². The van der Waals surface area contributed by atoms with E-state index in [9.17, 15) is 8.42 Å². The molecule has 1 aromatic heterocycles. The minimum Gasteiger partial charge on any atom is -0.348 e. The van der Waals surface area contributed by atoms with Gasteiger partial charge in [-0.25, -0.2) is 18.1 Å². The molecule has 1 fully saturated rings. The van der Waals surface area contributed by atoms with E-state index in [1.165, 1.54) is 12.8 Å². The topological polar surface area (TPSA) is 62.3 Å². The van der Waals surface area contributed by atoms with E-state index in [0.29, 0.717) is 13.0 Å². The summed E-state index contributed by atoms with van der Waals surface area (Å²) in [6, 6.07) is 6.69. The Balaban J connectivity index is 1.56. The van der Waals surface area contributed by atoms with Gasteiger partial charge in [-0.3, -0.25) is 0 Å². The number of nitrogens with zero attached hydrogens (tertiary/aromatic N) is 2. The van der Waals surface area contributed by atoms with Gasteiger partial charge >= 0.3 is 0 Å². The standard InChI is InChI=1S/C15H18BrN3O2S2/c16-12-4-3-5-14(10-12)23(20,21)17-7-6-13-11-22-15(18-13)19-8-1-2-9-19/h3-5,10-11,17H,1-2,6-9H2. The van der Waals surface area contributed by atoms with Crippen LogP contribution in [0.1, 0.15) is 18.5 Å². The molecule has 0 aliphatic carbocycles. The molecule has 0 spiro atoms. The Hall–Kier alpha value is -0.960. The molecule has 1 aromatic carbocycles. The molecule has 1 saturated heterocycles. The number of hydrogen-bond donors (Lipinski definition) is 1. The number of halogens is 1. The Morgan fingerprint density at radius 2 is 2.09 bits per heavy atom. The van der Waals surface area contributed by atoms with Crippen molar-refractivity contribution in [2.45, 2.75) is 24.2 Å². The molecule has 0 radical (unpaired) electrons. The van der Waals surface area contributed by atoms with Crippen molar-refractivity contribution >= 4 is 42.4 Å². The first kappa shape index (κ1) is 16.9. The summed E-state index contributed by atoms with van der Waals surface area (Å²) in [4.78, 5) is 7.16. The second-order valence-corrected chi connectivity index (χ2v) is 8.94. The third-order valence-corrected chi connectivity index (χ3v) is 6.60. The predicted molar refractivity (Wildman–Crippen MR) is 96.6 cm³/mol. The first-order valence-electron chi connectivity index (χ1n) is 7.49. The van der Waals surface area contributed by atoms with E-state index in [4.69, 9.17) is 0 Å². The van der Waals surface area contributed by atoms with Crippen molar-refractivity contribution < 1.29 is 8.42 Å². The summed E-state index contributed by atoms with van der Waals surface area (Å²) < 4.78 is 27.8. The molecule has 1 aliphatic rings. The Labute approximate surface area is 148 Å². The molecular formula is C15H18BrN3O2S2. The number of benzene rings is 1. The summed E-state index contributed by atoms with van der Waals surface area (Å²) in [5.41, 5.74) is 0.939. The van der Waals surface area contributed by atoms with Crippen molar-refractivity contribution in [3.8, 4) is 0 Å². The van der Waals surface area contributed by atoms with Crippen LogP contribution in [0.5, 0.6) is 0 Å². The van der Waals surface area contributed by atoms with Gasteiger partial charge in [0.15, 0.2) is 5.13 Å². The third-order valence-electron chi connectivity index (χ3n) is 3.70. The molecule has 3 rings (SSSR count). The number of hydrogen-bond acceptors (Lipinski definition) is 5. The fourth-order valence-corrected chi connectivity index (χ4v) is 5.04. The van der Waals surface area contributed by atoms with Gasteiger partial charge in [0.1, 0.15) is 0 Å². The van der Waals surface area contributed by atoms with Gasteiger partial charge in [0.2, 0.25) is 10.0 Å². The third kappa shape index (κ3) is 4.32. The molecule has 23 heavy (non-hydrogen) atoms. The van der Waals surface area contributed by atoms with Gasteiger partial charge < -0.3 is 4.90 Å². The molecular weight excluding hydrogens is 398 g/mol. The van der Waals surface area contributed by atoms with Gasteiger partial charge in [0.05, 0.1) is 10.6 Å². The van der Waals surface area contributed by atoms with Gasteiger partial charge in [-0.15, -0.1) is 11.3 Å². The molecule has 5 nitrogen and oxygen atoms in total. The maximum Gasteiger partial charge on any atom is 0.240 e. The van der Waals surface area contributed by atoms with Crippen molar-refractivity contribution in [3.63, 3.8) is 0 Å². The first-order chi connectivity index (χ1) is 11.0. The van der Waals surface area contributed by atoms with Crippen LogP contribution in [0.25, 0.3) is 0 Å². The Morgan fingerprint density at radius 1 is 1.30 bits per heavy atom. The average molecular weight is 416 g/mol. The van der Waals surface area contributed by atoms with E-state index >= 15 is 0 Å². The fourth-order valence-electron chi connectivity index (χ4n) is 2.50. The van der Waals surface area contributed by atoms with Crippen molar-refractivity contribution in [2.75, 3.05) is 24.5 Å². The van der Waals surface area contributed by atoms with Crippen LogP contribution >= 0.6 is 27.3 Å². The van der Waals surface area contributed by atoms with E-state index in [1.54, 1.807) is 35.6 Å². The second-order valence-electron chi connectivity index (χ2n) is 5.42. The van der Waals surface area contributed by atoms with Gasteiger partial charge in [0.25, 0.3) is 0 Å². The average Bonchev–Trinajstić information content (AvgIpc) is 3.18. The van der Waals surface area contributed by atoms with Crippen LogP contribution in [0.4, 0.5) is 5.13 Å². The maximum atomic E-state index is 12.2. The van der Waals surface area contributed by atoms with Gasteiger partial charge in [-0.2, -0.15) is 0 Å². The summed E-state index contributed by atoms with van der Waals surface area (Å²) in [7, 11) is -3.48. The molecule has 0 saturated carbocycles. The number of rotatable bonds is 6. The van der Waals surface area contributed by atoms with Crippen LogP contribution < -0.4 is 9.62 Å². The highest BCUT2D eigenvalue weighted by Gasteiger charge is 2.16. The highest BCUT2D eigenvalue weighted by atomic mass is 79.9. The molecule has 2 aromatic rings. The molecule has 2 heterocycles. The zero-order valence-electron chi connectivity index (χ0n) is 12.5. The lowest BCUT2D eigenvalue weighted by molar-refractivity contribution is 0.581. The predicted octanol–water partition coefficient (Wildman–Crippen LogP) is 3.03. The SMILES string of the molecule is O=S(=O)(NCCc1csc(N2CCCC2)n1)c1cccc(Br)c1. The minimum atomic E-state index is -3.48. The van der Waals surface area contributed by atoms with Crippen LogP contribution in [-0.2, 0) is 16.4 Å². The molecule has 8 heteroatoms.